The summed E-state index contributed by atoms with van der Waals surface area (Å²) >= 11 is 0. The lowest BCUT2D eigenvalue weighted by Gasteiger charge is -2.32. The van der Waals surface area contributed by atoms with Crippen LogP contribution in [0.2, 0.25) is 0 Å². The van der Waals surface area contributed by atoms with Crippen molar-refractivity contribution < 1.29 is 14.6 Å². The molecule has 126 valence electrons. The van der Waals surface area contributed by atoms with Crippen molar-refractivity contribution in [2.45, 2.75) is 53.1 Å². The van der Waals surface area contributed by atoms with E-state index in [4.69, 9.17) is 9.84 Å². The molecule has 0 aromatic rings. The van der Waals surface area contributed by atoms with E-state index < -0.39 is 0 Å². The Kier molecular flexibility index (Phi) is 5.67. The summed E-state index contributed by atoms with van der Waals surface area (Å²) in [5.74, 6) is 0.860. The molecule has 1 heterocycles. The van der Waals surface area contributed by atoms with Gasteiger partial charge in [0, 0.05) is 26.3 Å². The fourth-order valence-electron chi connectivity index (χ4n) is 3.57. The summed E-state index contributed by atoms with van der Waals surface area (Å²) in [6, 6.07) is 0. The zero-order valence-corrected chi connectivity index (χ0v) is 14.5. The van der Waals surface area contributed by atoms with Crippen LogP contribution in [-0.4, -0.2) is 48.3 Å². The predicted molar refractivity (Wildman–Crippen MR) is 87.4 cm³/mol. The quantitative estimate of drug-likeness (QED) is 0.606. The fraction of sp³-hybridized carbons (Fsp3) is 0.833. The van der Waals surface area contributed by atoms with Gasteiger partial charge in [0.2, 0.25) is 5.91 Å². The second kappa shape index (κ2) is 7.14. The maximum absolute atomic E-state index is 12.8. The lowest BCUT2D eigenvalue weighted by Crippen LogP contribution is -2.42. The largest absolute Gasteiger partial charge is 0.396 e. The maximum atomic E-state index is 12.8. The molecule has 0 spiro atoms. The van der Waals surface area contributed by atoms with Crippen LogP contribution in [0.4, 0.5) is 0 Å². The first-order chi connectivity index (χ1) is 10.4. The Balaban J connectivity index is 1.82. The Morgan fingerprint density at radius 3 is 2.50 bits per heavy atom. The molecule has 1 saturated carbocycles. The minimum Gasteiger partial charge on any atom is -0.396 e. The van der Waals surface area contributed by atoms with Gasteiger partial charge in [-0.1, -0.05) is 25.5 Å². The molecule has 2 fully saturated rings. The van der Waals surface area contributed by atoms with E-state index in [-0.39, 0.29) is 24.0 Å². The van der Waals surface area contributed by atoms with Crippen molar-refractivity contribution in [1.29, 1.82) is 0 Å². The van der Waals surface area contributed by atoms with Crippen LogP contribution in [0.5, 0.6) is 0 Å². The highest BCUT2D eigenvalue weighted by molar-refractivity contribution is 5.84. The van der Waals surface area contributed by atoms with Gasteiger partial charge in [-0.25, -0.2) is 0 Å². The van der Waals surface area contributed by atoms with E-state index in [1.807, 2.05) is 4.90 Å². The number of likely N-dealkylation sites (tertiary alicyclic amines) is 1. The molecule has 1 N–H and O–H groups in total. The third-order valence-electron chi connectivity index (χ3n) is 5.10. The third-order valence-corrected chi connectivity index (χ3v) is 5.10. The molecule has 0 bridgehead atoms. The van der Waals surface area contributed by atoms with Crippen molar-refractivity contribution in [3.63, 3.8) is 0 Å². The molecular formula is C18H31NO3. The Bertz CT molecular complexity index is 418. The van der Waals surface area contributed by atoms with Gasteiger partial charge in [0.05, 0.1) is 12.0 Å². The number of amides is 1. The van der Waals surface area contributed by atoms with Crippen LogP contribution in [0, 0.1) is 17.3 Å². The minimum atomic E-state index is 0.100. The van der Waals surface area contributed by atoms with E-state index >= 15 is 0 Å². The van der Waals surface area contributed by atoms with Crippen LogP contribution in [0.15, 0.2) is 11.6 Å². The van der Waals surface area contributed by atoms with E-state index in [2.05, 4.69) is 33.8 Å². The number of allylic oxidation sites excluding steroid dienone is 2. The number of hydrogen-bond donors (Lipinski definition) is 1. The molecule has 2 rings (SSSR count). The normalized spacial score (nSPS) is 27.6. The molecule has 1 amide bonds. The van der Waals surface area contributed by atoms with Gasteiger partial charge in [0.1, 0.15) is 0 Å². The second-order valence-corrected chi connectivity index (χ2v) is 7.54. The van der Waals surface area contributed by atoms with Gasteiger partial charge in [-0.05, 0) is 44.4 Å². The van der Waals surface area contributed by atoms with Gasteiger partial charge < -0.3 is 14.7 Å². The molecule has 22 heavy (non-hydrogen) atoms. The summed E-state index contributed by atoms with van der Waals surface area (Å²) in [5.41, 5.74) is 1.40. The molecule has 2 aliphatic rings. The zero-order valence-electron chi connectivity index (χ0n) is 14.5. The van der Waals surface area contributed by atoms with Crippen molar-refractivity contribution >= 4 is 5.91 Å². The third kappa shape index (κ3) is 3.90. The van der Waals surface area contributed by atoms with Crippen LogP contribution >= 0.6 is 0 Å². The molecule has 2 atom stereocenters. The van der Waals surface area contributed by atoms with Gasteiger partial charge in [-0.3, -0.25) is 4.79 Å². The first kappa shape index (κ1) is 17.5. The standard InChI is InChI=1S/C18H31NO3/c1-13(2)12-15-16(18(15,3)4)17(21)19-8-6-14(7-9-19)22-11-5-10-20/h12,14-16,20H,5-11H2,1-4H3. The minimum absolute atomic E-state index is 0.100. The number of aliphatic hydroxyl groups excluding tert-OH is 1. The van der Waals surface area contributed by atoms with Crippen LogP contribution in [0.3, 0.4) is 0 Å². The Morgan fingerprint density at radius 1 is 1.32 bits per heavy atom. The molecule has 1 saturated heterocycles. The second-order valence-electron chi connectivity index (χ2n) is 7.54. The summed E-state index contributed by atoms with van der Waals surface area (Å²) in [5, 5.41) is 8.78. The van der Waals surface area contributed by atoms with Crippen molar-refractivity contribution in [2.24, 2.45) is 17.3 Å². The highest BCUT2D eigenvalue weighted by Crippen LogP contribution is 2.60. The number of aliphatic hydroxyl groups is 1. The smallest absolute Gasteiger partial charge is 0.226 e. The number of ether oxygens (including phenoxy) is 1. The van der Waals surface area contributed by atoms with E-state index in [1.165, 1.54) is 5.57 Å². The average molecular weight is 309 g/mol. The number of carbonyl (C=O) groups excluding carboxylic acids is 1. The summed E-state index contributed by atoms with van der Waals surface area (Å²) in [4.78, 5) is 14.8. The topological polar surface area (TPSA) is 49.8 Å². The molecule has 2 unspecified atom stereocenters. The fourth-order valence-corrected chi connectivity index (χ4v) is 3.57. The van der Waals surface area contributed by atoms with Crippen LogP contribution < -0.4 is 0 Å². The average Bonchev–Trinajstić information content (AvgIpc) is 2.99. The number of piperidine rings is 1. The SMILES string of the molecule is CC(C)=CC1C(C(=O)N2CCC(OCCCO)CC2)C1(C)C. The lowest BCUT2D eigenvalue weighted by atomic mass is 10.0. The van der Waals surface area contributed by atoms with Gasteiger partial charge in [0.15, 0.2) is 0 Å². The molecule has 4 nitrogen and oxygen atoms in total. The molecule has 0 aromatic carbocycles. The van der Waals surface area contributed by atoms with E-state index in [1.54, 1.807) is 0 Å². The van der Waals surface area contributed by atoms with Gasteiger partial charge >= 0.3 is 0 Å². The van der Waals surface area contributed by atoms with Gasteiger partial charge in [-0.15, -0.1) is 0 Å². The molecule has 4 heteroatoms. The Labute approximate surface area is 134 Å². The monoisotopic (exact) mass is 309 g/mol. The number of carbonyl (C=O) groups is 1. The van der Waals surface area contributed by atoms with E-state index in [9.17, 15) is 4.79 Å². The zero-order chi connectivity index (χ0) is 16.3. The molecular weight excluding hydrogens is 278 g/mol. The van der Waals surface area contributed by atoms with Crippen LogP contribution in [0.25, 0.3) is 0 Å². The molecule has 1 aliphatic heterocycles. The highest BCUT2D eigenvalue weighted by atomic mass is 16.5. The highest BCUT2D eigenvalue weighted by Gasteiger charge is 2.61. The van der Waals surface area contributed by atoms with Crippen molar-refractivity contribution in [3.05, 3.63) is 11.6 Å². The summed E-state index contributed by atoms with van der Waals surface area (Å²) < 4.78 is 5.73. The number of nitrogens with zero attached hydrogens (tertiary/aromatic N) is 1. The summed E-state index contributed by atoms with van der Waals surface area (Å²) in [6.07, 6.45) is 5.03. The first-order valence-corrected chi connectivity index (χ1v) is 8.54. The Hall–Kier alpha value is -0.870. The maximum Gasteiger partial charge on any atom is 0.226 e. The molecule has 0 aromatic heterocycles. The predicted octanol–water partition coefficient (Wildman–Crippen LogP) is 2.61. The van der Waals surface area contributed by atoms with Gasteiger partial charge in [-0.2, -0.15) is 0 Å². The molecule has 0 radical (unpaired) electrons. The number of hydrogen-bond acceptors (Lipinski definition) is 3. The van der Waals surface area contributed by atoms with E-state index in [0.29, 0.717) is 24.9 Å². The van der Waals surface area contributed by atoms with E-state index in [0.717, 1.165) is 25.9 Å². The Morgan fingerprint density at radius 2 is 1.95 bits per heavy atom. The summed E-state index contributed by atoms with van der Waals surface area (Å²) in [7, 11) is 0. The lowest BCUT2D eigenvalue weighted by molar-refractivity contribution is -0.136. The summed E-state index contributed by atoms with van der Waals surface area (Å²) in [6.45, 7) is 11.0. The van der Waals surface area contributed by atoms with Gasteiger partial charge in [0.25, 0.3) is 0 Å². The van der Waals surface area contributed by atoms with Crippen molar-refractivity contribution in [3.8, 4) is 0 Å². The first-order valence-electron chi connectivity index (χ1n) is 8.54. The van der Waals surface area contributed by atoms with Crippen molar-refractivity contribution in [2.75, 3.05) is 26.3 Å². The number of rotatable bonds is 6. The molecule has 1 aliphatic carbocycles. The van der Waals surface area contributed by atoms with Crippen molar-refractivity contribution in [1.82, 2.24) is 4.90 Å². The van der Waals surface area contributed by atoms with Crippen LogP contribution in [0.1, 0.15) is 47.0 Å². The van der Waals surface area contributed by atoms with Crippen LogP contribution in [-0.2, 0) is 9.53 Å².